The highest BCUT2D eigenvalue weighted by Gasteiger charge is 2.61. The number of hydrogen-bond donors (Lipinski definition) is 1. The van der Waals surface area contributed by atoms with Crippen LogP contribution in [0.25, 0.3) is 11.2 Å². The minimum absolute atomic E-state index is 0.0432. The third-order valence-electron chi connectivity index (χ3n) is 4.31. The summed E-state index contributed by atoms with van der Waals surface area (Å²) in [5, 5.41) is 0.0432. The molecule has 4 heterocycles. The molecule has 2 saturated heterocycles. The highest BCUT2D eigenvalue weighted by atomic mass is 35.5. The summed E-state index contributed by atoms with van der Waals surface area (Å²) < 4.78 is 51.3. The summed E-state index contributed by atoms with van der Waals surface area (Å²) >= 11 is 6.02. The minimum Gasteiger partial charge on any atom is -0.368 e. The fraction of sp³-hybridized carbons (Fsp3) is 0.643. The van der Waals surface area contributed by atoms with Crippen LogP contribution >= 0.6 is 19.4 Å². The first kappa shape index (κ1) is 19.0. The second-order valence-electron chi connectivity index (χ2n) is 6.80. The quantitative estimate of drug-likeness (QED) is 0.588. The zero-order valence-corrected chi connectivity index (χ0v) is 16.4. The van der Waals surface area contributed by atoms with Crippen LogP contribution < -0.4 is 5.73 Å². The predicted octanol–water partition coefficient (Wildman–Crippen LogP) is 2.64. The van der Waals surface area contributed by atoms with Crippen molar-refractivity contribution in [3.05, 3.63) is 11.5 Å². The van der Waals surface area contributed by atoms with Gasteiger partial charge in [0.1, 0.15) is 17.7 Å². The monoisotopic (exact) mass is 421 g/mol. The molecule has 5 atom stereocenters. The predicted molar refractivity (Wildman–Crippen MR) is 92.8 cm³/mol. The Balaban J connectivity index is 1.70. The van der Waals surface area contributed by atoms with E-state index in [2.05, 4.69) is 15.0 Å². The van der Waals surface area contributed by atoms with Gasteiger partial charge in [0, 0.05) is 0 Å². The zero-order valence-electron chi connectivity index (χ0n) is 14.7. The van der Waals surface area contributed by atoms with E-state index in [0.29, 0.717) is 0 Å². The minimum atomic E-state index is -3.90. The van der Waals surface area contributed by atoms with E-state index in [9.17, 15) is 4.57 Å². The van der Waals surface area contributed by atoms with Crippen molar-refractivity contribution in [2.45, 2.75) is 51.0 Å². The van der Waals surface area contributed by atoms with E-state index in [1.165, 1.54) is 17.8 Å². The molecule has 0 radical (unpaired) electrons. The van der Waals surface area contributed by atoms with Crippen LogP contribution in [0, 0.1) is 0 Å². The number of nitrogen functional groups attached to an aromatic ring is 1. The molecule has 0 aliphatic carbocycles. The summed E-state index contributed by atoms with van der Waals surface area (Å²) in [6, 6.07) is 0. The lowest BCUT2D eigenvalue weighted by molar-refractivity contribution is -0.0733. The second kappa shape index (κ2) is 6.33. The van der Waals surface area contributed by atoms with Gasteiger partial charge in [0.25, 0.3) is 0 Å². The van der Waals surface area contributed by atoms with Crippen molar-refractivity contribution >= 4 is 36.5 Å². The maximum atomic E-state index is 15.7. The normalized spacial score (nSPS) is 36.4. The van der Waals surface area contributed by atoms with Gasteiger partial charge in [0.2, 0.25) is 5.95 Å². The SMILES string of the molecule is CC(C)OP1(=O)OC[C@H]2O[C@@H](n3cnc4c(Cl)nc(N)nc43)[C@](C)(F)C2O1. The number of alkyl halides is 1. The number of ether oxygens (including phenoxy) is 1. The van der Waals surface area contributed by atoms with Crippen molar-refractivity contribution in [1.82, 2.24) is 19.5 Å². The number of nitrogens with two attached hydrogens (primary N) is 1. The van der Waals surface area contributed by atoms with Crippen molar-refractivity contribution in [1.29, 1.82) is 0 Å². The van der Waals surface area contributed by atoms with E-state index >= 15 is 4.39 Å². The number of phosphoric acid groups is 1. The van der Waals surface area contributed by atoms with Crippen molar-refractivity contribution in [2.75, 3.05) is 12.3 Å². The van der Waals surface area contributed by atoms with Crippen molar-refractivity contribution in [3.63, 3.8) is 0 Å². The van der Waals surface area contributed by atoms with Crippen LogP contribution in [0.1, 0.15) is 27.0 Å². The number of phosphoric ester groups is 1. The average Bonchev–Trinajstić information content (AvgIpc) is 3.05. The van der Waals surface area contributed by atoms with Gasteiger partial charge in [-0.15, -0.1) is 0 Å². The van der Waals surface area contributed by atoms with Gasteiger partial charge in [0.15, 0.2) is 22.7 Å². The van der Waals surface area contributed by atoms with Gasteiger partial charge in [-0.2, -0.15) is 9.97 Å². The van der Waals surface area contributed by atoms with Gasteiger partial charge in [-0.3, -0.25) is 18.1 Å². The molecular weight excluding hydrogens is 404 g/mol. The third kappa shape index (κ3) is 3.12. The topological polar surface area (TPSA) is 124 Å². The van der Waals surface area contributed by atoms with Crippen molar-refractivity contribution in [3.8, 4) is 0 Å². The van der Waals surface area contributed by atoms with E-state index < -0.39 is 38.0 Å². The Morgan fingerprint density at radius 1 is 1.52 bits per heavy atom. The molecule has 148 valence electrons. The molecule has 2 aliphatic rings. The molecule has 0 spiro atoms. The van der Waals surface area contributed by atoms with E-state index in [1.807, 2.05) is 0 Å². The molecule has 10 nitrogen and oxygen atoms in total. The molecule has 0 aromatic carbocycles. The summed E-state index contributed by atoms with van der Waals surface area (Å²) in [5.41, 5.74) is 4.01. The first-order chi connectivity index (χ1) is 12.6. The molecule has 0 amide bonds. The van der Waals surface area contributed by atoms with Gasteiger partial charge >= 0.3 is 7.82 Å². The van der Waals surface area contributed by atoms with E-state index in [-0.39, 0.29) is 28.9 Å². The summed E-state index contributed by atoms with van der Waals surface area (Å²) in [6.45, 7) is 4.49. The number of rotatable bonds is 3. The molecule has 4 rings (SSSR count). The average molecular weight is 422 g/mol. The number of fused-ring (bicyclic) bond motifs is 2. The second-order valence-corrected chi connectivity index (χ2v) is 8.73. The Morgan fingerprint density at radius 3 is 2.96 bits per heavy atom. The zero-order chi connectivity index (χ0) is 19.6. The molecule has 2 N–H and O–H groups in total. The van der Waals surface area contributed by atoms with Gasteiger partial charge < -0.3 is 10.5 Å². The molecule has 27 heavy (non-hydrogen) atoms. The summed E-state index contributed by atoms with van der Waals surface area (Å²) in [4.78, 5) is 12.0. The van der Waals surface area contributed by atoms with Crippen LogP contribution in [0.2, 0.25) is 5.15 Å². The van der Waals surface area contributed by atoms with Crippen LogP contribution in [-0.4, -0.2) is 50.1 Å². The Kier molecular flexibility index (Phi) is 4.45. The Hall–Kier alpha value is -1.36. The summed E-state index contributed by atoms with van der Waals surface area (Å²) in [7, 11) is -3.90. The molecule has 2 aromatic heterocycles. The Bertz CT molecular complexity index is 940. The maximum Gasteiger partial charge on any atom is 0.475 e. The molecule has 2 unspecified atom stereocenters. The fourth-order valence-electron chi connectivity index (χ4n) is 3.23. The molecule has 13 heteroatoms. The van der Waals surface area contributed by atoms with Gasteiger partial charge in [-0.05, 0) is 20.8 Å². The summed E-state index contributed by atoms with van der Waals surface area (Å²) in [6.07, 6.45) is -2.24. The molecule has 2 aliphatic heterocycles. The fourth-order valence-corrected chi connectivity index (χ4v) is 5.08. The highest BCUT2D eigenvalue weighted by Crippen LogP contribution is 2.60. The molecular formula is C14H18ClFN5O5P. The van der Waals surface area contributed by atoms with Crippen LogP contribution in [0.4, 0.5) is 10.3 Å². The smallest absolute Gasteiger partial charge is 0.368 e. The number of hydrogen-bond acceptors (Lipinski definition) is 9. The van der Waals surface area contributed by atoms with E-state index in [0.717, 1.165) is 0 Å². The van der Waals surface area contributed by atoms with Crippen LogP contribution in [0.15, 0.2) is 6.33 Å². The third-order valence-corrected chi connectivity index (χ3v) is 6.20. The standard InChI is InChI=1S/C14H18ClFN5O5P/c1-6(2)25-27(22)23-4-7-9(26-27)14(3,16)12(24-7)21-5-18-8-10(15)19-13(17)20-11(8)21/h5-7,9,12H,4H2,1-3H3,(H2,17,19,20)/t7-,9?,12-,14-,27?/m1/s1. The molecule has 0 saturated carbocycles. The number of halogens is 2. The molecule has 2 aromatic rings. The lowest BCUT2D eigenvalue weighted by Crippen LogP contribution is -2.45. The number of nitrogens with zero attached hydrogens (tertiary/aromatic N) is 4. The first-order valence-corrected chi connectivity index (χ1v) is 10.1. The van der Waals surface area contributed by atoms with E-state index in [4.69, 9.17) is 35.6 Å². The van der Waals surface area contributed by atoms with E-state index in [1.54, 1.807) is 13.8 Å². The Labute approximate surface area is 158 Å². The number of aromatic nitrogens is 4. The first-order valence-electron chi connectivity index (χ1n) is 8.22. The molecule has 2 fully saturated rings. The lowest BCUT2D eigenvalue weighted by Gasteiger charge is -2.34. The van der Waals surface area contributed by atoms with Gasteiger partial charge in [-0.1, -0.05) is 11.6 Å². The molecule has 0 bridgehead atoms. The Morgan fingerprint density at radius 2 is 2.26 bits per heavy atom. The largest absolute Gasteiger partial charge is 0.475 e. The highest BCUT2D eigenvalue weighted by molar-refractivity contribution is 7.48. The van der Waals surface area contributed by atoms with Gasteiger partial charge in [0.05, 0.1) is 19.0 Å². The van der Waals surface area contributed by atoms with Crippen LogP contribution in [-0.2, 0) is 22.9 Å². The lowest BCUT2D eigenvalue weighted by atomic mass is 9.98. The van der Waals surface area contributed by atoms with Crippen LogP contribution in [0.5, 0.6) is 0 Å². The van der Waals surface area contributed by atoms with Crippen molar-refractivity contribution in [2.24, 2.45) is 0 Å². The van der Waals surface area contributed by atoms with Gasteiger partial charge in [-0.25, -0.2) is 13.9 Å². The summed E-state index contributed by atoms with van der Waals surface area (Å²) in [5.74, 6) is -0.0837. The maximum absolute atomic E-state index is 15.7. The number of imidazole rings is 1. The van der Waals surface area contributed by atoms with Crippen molar-refractivity contribution < 1.29 is 27.3 Å². The van der Waals surface area contributed by atoms with Crippen LogP contribution in [0.3, 0.4) is 0 Å². The number of anilines is 1.